The molecule has 0 aliphatic rings. The molecule has 0 saturated heterocycles. The van der Waals surface area contributed by atoms with Crippen LogP contribution in [0.3, 0.4) is 0 Å². The van der Waals surface area contributed by atoms with E-state index in [9.17, 15) is 9.59 Å². The van der Waals surface area contributed by atoms with Gasteiger partial charge >= 0.3 is 5.97 Å². The number of hydrogen-bond acceptors (Lipinski definition) is 7. The Bertz CT molecular complexity index is 1760. The van der Waals surface area contributed by atoms with E-state index in [4.69, 9.17) is 37.1 Å². The van der Waals surface area contributed by atoms with Crippen LogP contribution in [0.25, 0.3) is 33.5 Å². The summed E-state index contributed by atoms with van der Waals surface area (Å²) >= 11 is 16.2. The molecule has 0 unspecified atom stereocenters. The fourth-order valence-electron chi connectivity index (χ4n) is 3.76. The molecule has 38 heavy (non-hydrogen) atoms. The molecule has 2 aromatic heterocycles. The van der Waals surface area contributed by atoms with E-state index < -0.39 is 5.97 Å². The van der Waals surface area contributed by atoms with E-state index in [0.717, 1.165) is 9.86 Å². The maximum atomic E-state index is 13.4. The maximum absolute atomic E-state index is 13.4. The number of carbonyl (C=O) groups excluding carboxylic acids is 1. The predicted molar refractivity (Wildman–Crippen MR) is 150 cm³/mol. The standard InChI is InChI=1S/C27H18BrCl2N3O5/c1-2-36-24(34)14-37-25-19(29)9-15(10-20(25)30)13-31-33-26(32-21-6-4-3-5-18(21)27(33)35)23-12-16-11-17(28)7-8-22(16)38-23/h3-13H,2,14H2,1H3. The van der Waals surface area contributed by atoms with Crippen LogP contribution in [0.5, 0.6) is 5.75 Å². The fourth-order valence-corrected chi connectivity index (χ4v) is 4.76. The van der Waals surface area contributed by atoms with E-state index >= 15 is 0 Å². The zero-order valence-corrected chi connectivity index (χ0v) is 22.9. The molecule has 0 saturated carbocycles. The minimum Gasteiger partial charge on any atom is -0.479 e. The Morgan fingerprint density at radius 3 is 2.66 bits per heavy atom. The fraction of sp³-hybridized carbons (Fsp3) is 0.111. The number of esters is 1. The number of nitrogens with zero attached hydrogens (tertiary/aromatic N) is 3. The number of rotatable bonds is 7. The lowest BCUT2D eigenvalue weighted by Gasteiger charge is -2.10. The van der Waals surface area contributed by atoms with Gasteiger partial charge in [0.25, 0.3) is 5.56 Å². The topological polar surface area (TPSA) is 95.9 Å². The van der Waals surface area contributed by atoms with Crippen molar-refractivity contribution >= 4 is 73.2 Å². The molecular formula is C27H18BrCl2N3O5. The molecule has 5 aromatic rings. The molecule has 8 nitrogen and oxygen atoms in total. The molecule has 192 valence electrons. The molecule has 11 heteroatoms. The monoisotopic (exact) mass is 613 g/mol. The highest BCUT2D eigenvalue weighted by atomic mass is 79.9. The van der Waals surface area contributed by atoms with Crippen LogP contribution in [0.15, 0.2) is 79.4 Å². The van der Waals surface area contributed by atoms with E-state index in [0.29, 0.717) is 27.8 Å². The molecule has 0 atom stereocenters. The molecule has 0 amide bonds. The Morgan fingerprint density at radius 1 is 1.13 bits per heavy atom. The highest BCUT2D eigenvalue weighted by molar-refractivity contribution is 9.10. The Hall–Kier alpha value is -3.66. The Morgan fingerprint density at radius 2 is 1.89 bits per heavy atom. The Balaban J connectivity index is 1.56. The summed E-state index contributed by atoms with van der Waals surface area (Å²) in [6.45, 7) is 1.59. The second-order valence-electron chi connectivity index (χ2n) is 8.01. The van der Waals surface area contributed by atoms with Crippen LogP contribution >= 0.6 is 39.1 Å². The highest BCUT2D eigenvalue weighted by Gasteiger charge is 2.17. The molecule has 3 aromatic carbocycles. The molecule has 2 heterocycles. The van der Waals surface area contributed by atoms with Crippen molar-refractivity contribution in [2.24, 2.45) is 5.10 Å². The summed E-state index contributed by atoms with van der Waals surface area (Å²) in [6.07, 6.45) is 1.42. The number of benzene rings is 3. The minimum absolute atomic E-state index is 0.136. The number of hydrogen-bond donors (Lipinski definition) is 0. The molecule has 0 fully saturated rings. The van der Waals surface area contributed by atoms with Crippen molar-refractivity contribution in [3.63, 3.8) is 0 Å². The summed E-state index contributed by atoms with van der Waals surface area (Å²) in [5.74, 6) is 0.192. The van der Waals surface area contributed by atoms with Crippen molar-refractivity contribution in [1.82, 2.24) is 9.66 Å². The SMILES string of the molecule is CCOC(=O)COc1c(Cl)cc(C=Nn2c(-c3cc4cc(Br)ccc4o3)nc3ccccc3c2=O)cc1Cl. The Labute approximate surface area is 234 Å². The minimum atomic E-state index is -0.543. The van der Waals surface area contributed by atoms with Crippen LogP contribution < -0.4 is 10.3 Å². The van der Waals surface area contributed by atoms with Crippen LogP contribution in [-0.4, -0.2) is 35.1 Å². The lowest BCUT2D eigenvalue weighted by molar-refractivity contribution is -0.145. The number of ether oxygens (including phenoxy) is 2. The van der Waals surface area contributed by atoms with E-state index in [-0.39, 0.29) is 40.4 Å². The van der Waals surface area contributed by atoms with Gasteiger partial charge in [0.1, 0.15) is 5.58 Å². The smallest absolute Gasteiger partial charge is 0.344 e. The van der Waals surface area contributed by atoms with Crippen LogP contribution in [-0.2, 0) is 9.53 Å². The van der Waals surface area contributed by atoms with Crippen LogP contribution in [0.1, 0.15) is 12.5 Å². The van der Waals surface area contributed by atoms with Crippen molar-refractivity contribution in [2.75, 3.05) is 13.2 Å². The Kier molecular flexibility index (Phi) is 7.51. The van der Waals surface area contributed by atoms with Gasteiger partial charge < -0.3 is 13.9 Å². The first-order valence-corrected chi connectivity index (χ1v) is 12.9. The quantitative estimate of drug-likeness (QED) is 0.149. The third kappa shape index (κ3) is 5.31. The molecule has 5 rings (SSSR count). The lowest BCUT2D eigenvalue weighted by Crippen LogP contribution is -2.20. The second-order valence-corrected chi connectivity index (χ2v) is 9.74. The van der Waals surface area contributed by atoms with E-state index in [1.807, 2.05) is 18.2 Å². The van der Waals surface area contributed by atoms with Crippen LogP contribution in [0.4, 0.5) is 0 Å². The summed E-state index contributed by atoms with van der Waals surface area (Å²) in [6, 6.07) is 17.5. The highest BCUT2D eigenvalue weighted by Crippen LogP contribution is 2.34. The number of furan rings is 1. The molecule has 0 bridgehead atoms. The molecule has 0 spiro atoms. The van der Waals surface area contributed by atoms with Gasteiger partial charge in [0.05, 0.1) is 33.8 Å². The number of fused-ring (bicyclic) bond motifs is 2. The van der Waals surface area contributed by atoms with Gasteiger partial charge in [0.2, 0.25) is 5.82 Å². The van der Waals surface area contributed by atoms with Gasteiger partial charge in [0.15, 0.2) is 18.1 Å². The predicted octanol–water partition coefficient (Wildman–Crippen LogP) is 6.70. The van der Waals surface area contributed by atoms with Gasteiger partial charge in [-0.1, -0.05) is 51.3 Å². The summed E-state index contributed by atoms with van der Waals surface area (Å²) in [5.41, 5.74) is 1.26. The molecule has 0 radical (unpaired) electrons. The first kappa shape index (κ1) is 26.0. The van der Waals surface area contributed by atoms with Crippen molar-refractivity contribution in [3.8, 4) is 17.3 Å². The molecule has 0 N–H and O–H groups in total. The number of para-hydroxylation sites is 1. The van der Waals surface area contributed by atoms with Gasteiger partial charge in [-0.3, -0.25) is 4.79 Å². The van der Waals surface area contributed by atoms with Gasteiger partial charge in [-0.05, 0) is 61.0 Å². The van der Waals surface area contributed by atoms with Gasteiger partial charge in [-0.15, -0.1) is 0 Å². The zero-order chi connectivity index (χ0) is 26.8. The van der Waals surface area contributed by atoms with E-state index in [2.05, 4.69) is 26.0 Å². The normalized spacial score (nSPS) is 11.5. The maximum Gasteiger partial charge on any atom is 0.344 e. The van der Waals surface area contributed by atoms with Gasteiger partial charge in [-0.25, -0.2) is 9.78 Å². The number of halogens is 3. The molecule has 0 aliphatic carbocycles. The number of aromatic nitrogens is 2. The zero-order valence-electron chi connectivity index (χ0n) is 19.8. The summed E-state index contributed by atoms with van der Waals surface area (Å²) in [4.78, 5) is 29.7. The van der Waals surface area contributed by atoms with E-state index in [1.54, 1.807) is 49.4 Å². The van der Waals surface area contributed by atoms with Gasteiger partial charge in [0, 0.05) is 9.86 Å². The first-order chi connectivity index (χ1) is 18.3. The number of carbonyl (C=O) groups is 1. The average molecular weight is 615 g/mol. The average Bonchev–Trinajstić information content (AvgIpc) is 3.31. The van der Waals surface area contributed by atoms with Crippen LogP contribution in [0, 0.1) is 0 Å². The van der Waals surface area contributed by atoms with Crippen molar-refractivity contribution < 1.29 is 18.7 Å². The third-order valence-corrected chi connectivity index (χ3v) is 6.49. The van der Waals surface area contributed by atoms with Crippen molar-refractivity contribution in [3.05, 3.63) is 91.1 Å². The first-order valence-electron chi connectivity index (χ1n) is 11.4. The summed E-state index contributed by atoms with van der Waals surface area (Å²) < 4.78 is 18.3. The lowest BCUT2D eigenvalue weighted by atomic mass is 10.2. The summed E-state index contributed by atoms with van der Waals surface area (Å²) in [5, 5.41) is 5.97. The summed E-state index contributed by atoms with van der Waals surface area (Å²) in [7, 11) is 0. The largest absolute Gasteiger partial charge is 0.479 e. The van der Waals surface area contributed by atoms with Crippen molar-refractivity contribution in [1.29, 1.82) is 0 Å². The van der Waals surface area contributed by atoms with Crippen LogP contribution in [0.2, 0.25) is 10.0 Å². The van der Waals surface area contributed by atoms with Crippen molar-refractivity contribution in [2.45, 2.75) is 6.92 Å². The van der Waals surface area contributed by atoms with E-state index in [1.165, 1.54) is 10.9 Å². The molecule has 0 aliphatic heterocycles. The second kappa shape index (κ2) is 11.0. The molecular weight excluding hydrogens is 597 g/mol. The van der Waals surface area contributed by atoms with Gasteiger partial charge in [-0.2, -0.15) is 9.78 Å². The third-order valence-electron chi connectivity index (χ3n) is 5.44.